The molecular formula is C21H30O2. The van der Waals surface area contributed by atoms with E-state index in [1.165, 1.54) is 5.57 Å². The summed E-state index contributed by atoms with van der Waals surface area (Å²) in [6, 6.07) is 0. The fourth-order valence-electron chi connectivity index (χ4n) is 6.61. The first-order valence-corrected chi connectivity index (χ1v) is 9.24. The minimum Gasteiger partial charge on any atom is -0.393 e. The Morgan fingerprint density at radius 1 is 1.09 bits per heavy atom. The Morgan fingerprint density at radius 3 is 2.57 bits per heavy atom. The molecule has 126 valence electrons. The van der Waals surface area contributed by atoms with Gasteiger partial charge in [-0.1, -0.05) is 38.7 Å². The molecule has 2 N–H and O–H groups in total. The van der Waals surface area contributed by atoms with E-state index in [0.717, 1.165) is 49.7 Å². The molecule has 2 unspecified atom stereocenters. The van der Waals surface area contributed by atoms with Crippen molar-refractivity contribution in [2.45, 2.75) is 64.6 Å². The van der Waals surface area contributed by atoms with Crippen LogP contribution in [-0.4, -0.2) is 22.4 Å². The van der Waals surface area contributed by atoms with Crippen molar-refractivity contribution in [1.29, 1.82) is 0 Å². The summed E-state index contributed by atoms with van der Waals surface area (Å²) in [6.45, 7) is 13.1. The molecule has 0 aromatic rings. The van der Waals surface area contributed by atoms with Gasteiger partial charge in [0.05, 0.1) is 12.2 Å². The summed E-state index contributed by atoms with van der Waals surface area (Å²) < 4.78 is 0. The lowest BCUT2D eigenvalue weighted by atomic mass is 9.46. The van der Waals surface area contributed by atoms with Crippen LogP contribution in [0.15, 0.2) is 36.0 Å². The monoisotopic (exact) mass is 314 g/mol. The first-order chi connectivity index (χ1) is 10.8. The summed E-state index contributed by atoms with van der Waals surface area (Å²) in [7, 11) is 0. The number of hydrogen-bond acceptors (Lipinski definition) is 2. The Hall–Kier alpha value is -0.860. The van der Waals surface area contributed by atoms with E-state index in [9.17, 15) is 10.2 Å². The summed E-state index contributed by atoms with van der Waals surface area (Å²) in [4.78, 5) is 0. The highest BCUT2D eigenvalue weighted by Crippen LogP contribution is 2.66. The SMILES string of the molecule is C=C1C(=C)[C@@]2(C)C(=CC[C@@H]3[C@H]2CC[C@]2(C)C(O)CC[C@@H]32)CC1O. The molecule has 3 fully saturated rings. The third kappa shape index (κ3) is 1.83. The first-order valence-electron chi connectivity index (χ1n) is 9.24. The topological polar surface area (TPSA) is 40.5 Å². The zero-order chi connectivity index (χ0) is 16.6. The van der Waals surface area contributed by atoms with Crippen LogP contribution in [0.4, 0.5) is 0 Å². The van der Waals surface area contributed by atoms with Gasteiger partial charge in [0.2, 0.25) is 0 Å². The maximum Gasteiger partial charge on any atom is 0.0824 e. The Labute approximate surface area is 140 Å². The second-order valence-electron chi connectivity index (χ2n) is 8.91. The van der Waals surface area contributed by atoms with Crippen LogP contribution >= 0.6 is 0 Å². The second kappa shape index (κ2) is 4.83. The van der Waals surface area contributed by atoms with Crippen molar-refractivity contribution >= 4 is 0 Å². The van der Waals surface area contributed by atoms with Crippen molar-refractivity contribution in [3.8, 4) is 0 Å². The molecule has 0 radical (unpaired) electrons. The molecule has 0 spiro atoms. The molecule has 0 heterocycles. The van der Waals surface area contributed by atoms with Gasteiger partial charge in [0.15, 0.2) is 0 Å². The molecule has 4 aliphatic carbocycles. The first kappa shape index (κ1) is 15.7. The van der Waals surface area contributed by atoms with Gasteiger partial charge in [-0.05, 0) is 72.8 Å². The standard InChI is InChI=1S/C21H30O2/c1-12-13(2)21(4)14(11-18(12)22)5-6-15-16-7-8-19(23)20(16,3)10-9-17(15)21/h5,15-19,22-23H,1-2,6-11H2,3-4H3/t15-,16-,17+,18?,19?,20-,21-/m0/s1. The van der Waals surface area contributed by atoms with Crippen LogP contribution < -0.4 is 0 Å². The fraction of sp³-hybridized carbons (Fsp3) is 0.714. The second-order valence-corrected chi connectivity index (χ2v) is 8.91. The Bertz CT molecular complexity index is 603. The molecule has 0 aromatic carbocycles. The van der Waals surface area contributed by atoms with E-state index >= 15 is 0 Å². The van der Waals surface area contributed by atoms with Gasteiger partial charge >= 0.3 is 0 Å². The quantitative estimate of drug-likeness (QED) is 0.663. The van der Waals surface area contributed by atoms with Crippen LogP contribution in [0.1, 0.15) is 52.4 Å². The zero-order valence-corrected chi connectivity index (χ0v) is 14.5. The molecule has 4 rings (SSSR count). The van der Waals surface area contributed by atoms with E-state index in [2.05, 4.69) is 33.1 Å². The molecule has 23 heavy (non-hydrogen) atoms. The van der Waals surface area contributed by atoms with E-state index in [-0.39, 0.29) is 16.9 Å². The Balaban J connectivity index is 1.75. The third-order valence-corrected chi connectivity index (χ3v) is 8.26. The fourth-order valence-corrected chi connectivity index (χ4v) is 6.61. The summed E-state index contributed by atoms with van der Waals surface area (Å²) in [6.07, 6.45) is 8.03. The Kier molecular flexibility index (Phi) is 3.29. The van der Waals surface area contributed by atoms with Crippen LogP contribution in [0, 0.1) is 28.6 Å². The van der Waals surface area contributed by atoms with Gasteiger partial charge in [-0.15, -0.1) is 0 Å². The Morgan fingerprint density at radius 2 is 1.83 bits per heavy atom. The molecule has 2 heteroatoms. The van der Waals surface area contributed by atoms with Crippen molar-refractivity contribution in [2.75, 3.05) is 0 Å². The lowest BCUT2D eigenvalue weighted by molar-refractivity contribution is -0.0574. The average Bonchev–Trinajstić information content (AvgIpc) is 2.83. The minimum absolute atomic E-state index is 0.0336. The van der Waals surface area contributed by atoms with Gasteiger partial charge in [-0.2, -0.15) is 0 Å². The molecule has 0 aliphatic heterocycles. The van der Waals surface area contributed by atoms with Crippen molar-refractivity contribution in [3.05, 3.63) is 36.0 Å². The number of allylic oxidation sites excluding steroid dienone is 1. The number of rotatable bonds is 0. The molecule has 0 aromatic heterocycles. The van der Waals surface area contributed by atoms with Crippen LogP contribution in [0.25, 0.3) is 0 Å². The molecule has 2 nitrogen and oxygen atoms in total. The maximum absolute atomic E-state index is 10.5. The van der Waals surface area contributed by atoms with Crippen LogP contribution in [-0.2, 0) is 0 Å². The van der Waals surface area contributed by atoms with Gasteiger partial charge < -0.3 is 10.2 Å². The van der Waals surface area contributed by atoms with E-state index in [1.54, 1.807) is 0 Å². The number of aliphatic hydroxyl groups excluding tert-OH is 2. The third-order valence-electron chi connectivity index (χ3n) is 8.26. The van der Waals surface area contributed by atoms with Crippen molar-refractivity contribution < 1.29 is 10.2 Å². The largest absolute Gasteiger partial charge is 0.393 e. The van der Waals surface area contributed by atoms with Gasteiger partial charge in [0.25, 0.3) is 0 Å². The molecular weight excluding hydrogens is 284 g/mol. The van der Waals surface area contributed by atoms with Crippen LogP contribution in [0.2, 0.25) is 0 Å². The molecule has 3 saturated carbocycles. The maximum atomic E-state index is 10.5. The smallest absolute Gasteiger partial charge is 0.0824 e. The van der Waals surface area contributed by atoms with Crippen molar-refractivity contribution in [1.82, 2.24) is 0 Å². The summed E-state index contributed by atoms with van der Waals surface area (Å²) in [5.41, 5.74) is 3.35. The molecule has 0 bridgehead atoms. The summed E-state index contributed by atoms with van der Waals surface area (Å²) in [5.74, 6) is 1.85. The average molecular weight is 314 g/mol. The van der Waals surface area contributed by atoms with Crippen molar-refractivity contribution in [2.24, 2.45) is 28.6 Å². The number of fused-ring (bicyclic) bond motifs is 5. The van der Waals surface area contributed by atoms with Crippen LogP contribution in [0.5, 0.6) is 0 Å². The molecule has 4 aliphatic rings. The predicted molar refractivity (Wildman–Crippen MR) is 92.8 cm³/mol. The van der Waals surface area contributed by atoms with E-state index in [0.29, 0.717) is 17.8 Å². The highest BCUT2D eigenvalue weighted by atomic mass is 16.3. The summed E-state index contributed by atoms with van der Waals surface area (Å²) in [5, 5.41) is 20.8. The summed E-state index contributed by atoms with van der Waals surface area (Å²) >= 11 is 0. The van der Waals surface area contributed by atoms with E-state index in [1.807, 2.05) is 0 Å². The predicted octanol–water partition coefficient (Wildman–Crippen LogP) is 4.00. The normalized spacial score (nSPS) is 52.5. The van der Waals surface area contributed by atoms with Crippen LogP contribution in [0.3, 0.4) is 0 Å². The number of aliphatic hydroxyl groups is 2. The molecule has 0 amide bonds. The molecule has 7 atom stereocenters. The lowest BCUT2D eigenvalue weighted by Gasteiger charge is -2.58. The van der Waals surface area contributed by atoms with Gasteiger partial charge in [0.1, 0.15) is 0 Å². The highest BCUT2D eigenvalue weighted by molar-refractivity contribution is 5.48. The van der Waals surface area contributed by atoms with E-state index in [4.69, 9.17) is 0 Å². The van der Waals surface area contributed by atoms with Gasteiger partial charge in [-0.25, -0.2) is 0 Å². The lowest BCUT2D eigenvalue weighted by Crippen LogP contribution is -2.52. The highest BCUT2D eigenvalue weighted by Gasteiger charge is 2.59. The van der Waals surface area contributed by atoms with Crippen molar-refractivity contribution in [3.63, 3.8) is 0 Å². The van der Waals surface area contributed by atoms with Gasteiger partial charge in [0, 0.05) is 5.41 Å². The molecule has 0 saturated heterocycles. The van der Waals surface area contributed by atoms with Gasteiger partial charge in [-0.3, -0.25) is 0 Å². The minimum atomic E-state index is -0.458. The zero-order valence-electron chi connectivity index (χ0n) is 14.5. The van der Waals surface area contributed by atoms with E-state index < -0.39 is 6.10 Å². The number of hydrogen-bond donors (Lipinski definition) is 2.